The number of benzene rings is 1. The van der Waals surface area contributed by atoms with Gasteiger partial charge in [0, 0.05) is 0 Å². The average Bonchev–Trinajstić information content (AvgIpc) is 2.27. The third-order valence-corrected chi connectivity index (χ3v) is 3.05. The van der Waals surface area contributed by atoms with Gasteiger partial charge in [-0.25, -0.2) is 9.52 Å². The summed E-state index contributed by atoms with van der Waals surface area (Å²) < 4.78 is 31.5. The lowest BCUT2D eigenvalue weighted by atomic mass is 10.1. The Hall–Kier alpha value is -1.80. The van der Waals surface area contributed by atoms with Crippen LogP contribution in [0.5, 0.6) is 0 Å². The van der Waals surface area contributed by atoms with E-state index in [1.54, 1.807) is 30.7 Å². The Labute approximate surface area is 111 Å². The van der Waals surface area contributed by atoms with E-state index in [1.807, 2.05) is 0 Å². The minimum atomic E-state index is -4.05. The first kappa shape index (κ1) is 15.3. The number of aliphatic hydroxyl groups is 1. The summed E-state index contributed by atoms with van der Waals surface area (Å²) in [4.78, 5) is 11.0. The van der Waals surface area contributed by atoms with E-state index in [2.05, 4.69) is 9.46 Å². The standard InChI is InChI=1S/C11H16N2O5S/c1-3-18-11(15)13-19(16,17)12-10-6-4-5-9(7-10)8(2)14/h4-8,12,14H,3H2,1-2H3,(H,13,15). The third-order valence-electron chi connectivity index (χ3n) is 2.11. The van der Waals surface area contributed by atoms with Crippen LogP contribution in [0.3, 0.4) is 0 Å². The molecule has 0 saturated carbocycles. The molecule has 0 bridgehead atoms. The van der Waals surface area contributed by atoms with Gasteiger partial charge in [0.2, 0.25) is 0 Å². The summed E-state index contributed by atoms with van der Waals surface area (Å²) in [5.41, 5.74) is 0.784. The van der Waals surface area contributed by atoms with Crippen molar-refractivity contribution in [3.05, 3.63) is 29.8 Å². The zero-order valence-corrected chi connectivity index (χ0v) is 11.4. The Morgan fingerprint density at radius 1 is 1.47 bits per heavy atom. The maximum atomic E-state index is 11.6. The van der Waals surface area contributed by atoms with Crippen LogP contribution < -0.4 is 9.44 Å². The first-order chi connectivity index (χ1) is 8.84. The molecule has 7 nitrogen and oxygen atoms in total. The first-order valence-corrected chi connectivity index (χ1v) is 7.07. The molecule has 19 heavy (non-hydrogen) atoms. The largest absolute Gasteiger partial charge is 0.449 e. The fourth-order valence-corrected chi connectivity index (χ4v) is 2.08. The van der Waals surface area contributed by atoms with Gasteiger partial charge in [-0.05, 0) is 31.5 Å². The minimum absolute atomic E-state index is 0.0683. The molecule has 106 valence electrons. The van der Waals surface area contributed by atoms with E-state index in [9.17, 15) is 18.3 Å². The fraction of sp³-hybridized carbons (Fsp3) is 0.364. The Kier molecular flexibility index (Phi) is 5.13. The molecule has 0 aliphatic rings. The van der Waals surface area contributed by atoms with Gasteiger partial charge in [-0.3, -0.25) is 4.72 Å². The lowest BCUT2D eigenvalue weighted by molar-refractivity contribution is 0.158. The molecule has 0 aliphatic heterocycles. The van der Waals surface area contributed by atoms with Gasteiger partial charge in [0.1, 0.15) is 0 Å². The fourth-order valence-electron chi connectivity index (χ4n) is 1.31. The number of aliphatic hydroxyl groups excluding tert-OH is 1. The number of hydrogen-bond donors (Lipinski definition) is 3. The molecule has 0 heterocycles. The van der Waals surface area contributed by atoms with Crippen molar-refractivity contribution in [1.82, 2.24) is 4.72 Å². The summed E-state index contributed by atoms with van der Waals surface area (Å²) in [5.74, 6) is 0. The van der Waals surface area contributed by atoms with E-state index < -0.39 is 22.4 Å². The second kappa shape index (κ2) is 6.39. The van der Waals surface area contributed by atoms with Crippen LogP contribution in [0.15, 0.2) is 24.3 Å². The maximum Gasteiger partial charge on any atom is 0.422 e. The molecule has 0 saturated heterocycles. The lowest BCUT2D eigenvalue weighted by Crippen LogP contribution is -2.35. The predicted molar refractivity (Wildman–Crippen MR) is 69.8 cm³/mol. The van der Waals surface area contributed by atoms with Crippen molar-refractivity contribution in [3.63, 3.8) is 0 Å². The highest BCUT2D eigenvalue weighted by molar-refractivity contribution is 7.91. The second-order valence-corrected chi connectivity index (χ2v) is 5.14. The number of rotatable bonds is 5. The zero-order chi connectivity index (χ0) is 14.5. The van der Waals surface area contributed by atoms with Crippen molar-refractivity contribution in [2.45, 2.75) is 20.0 Å². The SMILES string of the molecule is CCOC(=O)NS(=O)(=O)Nc1cccc(C(C)O)c1. The van der Waals surface area contributed by atoms with Crippen molar-refractivity contribution in [1.29, 1.82) is 0 Å². The van der Waals surface area contributed by atoms with Gasteiger partial charge in [0.15, 0.2) is 0 Å². The summed E-state index contributed by atoms with van der Waals surface area (Å²) in [6.45, 7) is 3.19. The molecule has 1 rings (SSSR count). The van der Waals surface area contributed by atoms with Gasteiger partial charge in [0.05, 0.1) is 18.4 Å². The molecule has 0 aromatic heterocycles. The summed E-state index contributed by atoms with van der Waals surface area (Å²) >= 11 is 0. The Balaban J connectivity index is 2.78. The lowest BCUT2D eigenvalue weighted by Gasteiger charge is -2.11. The summed E-state index contributed by atoms with van der Waals surface area (Å²) in [7, 11) is -4.05. The van der Waals surface area contributed by atoms with Crippen LogP contribution in [0.2, 0.25) is 0 Å². The molecule has 3 N–H and O–H groups in total. The van der Waals surface area contributed by atoms with Crippen molar-refractivity contribution in [3.8, 4) is 0 Å². The molecule has 1 atom stereocenters. The van der Waals surface area contributed by atoms with Gasteiger partial charge >= 0.3 is 16.3 Å². The van der Waals surface area contributed by atoms with Gasteiger partial charge in [-0.15, -0.1) is 0 Å². The van der Waals surface area contributed by atoms with Crippen LogP contribution in [0.1, 0.15) is 25.5 Å². The third kappa shape index (κ3) is 5.14. The van der Waals surface area contributed by atoms with Crippen LogP contribution in [0.25, 0.3) is 0 Å². The number of hydrogen-bond acceptors (Lipinski definition) is 5. The number of amides is 1. The van der Waals surface area contributed by atoms with Crippen LogP contribution >= 0.6 is 0 Å². The van der Waals surface area contributed by atoms with Crippen LogP contribution in [-0.4, -0.2) is 26.2 Å². The van der Waals surface area contributed by atoms with E-state index in [-0.39, 0.29) is 12.3 Å². The number of nitrogens with one attached hydrogen (secondary N) is 2. The molecule has 1 amide bonds. The smallest absolute Gasteiger partial charge is 0.422 e. The van der Waals surface area contributed by atoms with E-state index in [0.29, 0.717) is 5.56 Å². The molecule has 8 heteroatoms. The quantitative estimate of drug-likeness (QED) is 0.753. The maximum absolute atomic E-state index is 11.6. The Bertz CT molecular complexity index is 542. The first-order valence-electron chi connectivity index (χ1n) is 5.59. The normalized spacial score (nSPS) is 12.6. The molecule has 0 aliphatic carbocycles. The molecular formula is C11H16N2O5S. The van der Waals surface area contributed by atoms with E-state index >= 15 is 0 Å². The number of carbonyl (C=O) groups excluding carboxylic acids is 1. The average molecular weight is 288 g/mol. The highest BCUT2D eigenvalue weighted by Crippen LogP contribution is 2.17. The van der Waals surface area contributed by atoms with Crippen molar-refractivity contribution >= 4 is 22.0 Å². The van der Waals surface area contributed by atoms with Gasteiger partial charge in [0.25, 0.3) is 0 Å². The number of carbonyl (C=O) groups is 1. The van der Waals surface area contributed by atoms with Crippen molar-refractivity contribution in [2.75, 3.05) is 11.3 Å². The van der Waals surface area contributed by atoms with Crippen molar-refractivity contribution in [2.24, 2.45) is 0 Å². The predicted octanol–water partition coefficient (Wildman–Crippen LogP) is 1.14. The molecule has 1 aromatic carbocycles. The van der Waals surface area contributed by atoms with Gasteiger partial charge in [-0.1, -0.05) is 12.1 Å². The molecule has 0 spiro atoms. The Morgan fingerprint density at radius 3 is 2.74 bits per heavy atom. The summed E-state index contributed by atoms with van der Waals surface area (Å²) in [6.07, 6.45) is -1.77. The number of ether oxygens (including phenoxy) is 1. The van der Waals surface area contributed by atoms with Gasteiger partial charge < -0.3 is 9.84 Å². The van der Waals surface area contributed by atoms with E-state index in [0.717, 1.165) is 0 Å². The zero-order valence-electron chi connectivity index (χ0n) is 10.6. The molecule has 0 radical (unpaired) electrons. The molecule has 1 aromatic rings. The molecular weight excluding hydrogens is 272 g/mol. The molecule has 0 fully saturated rings. The highest BCUT2D eigenvalue weighted by Gasteiger charge is 2.15. The van der Waals surface area contributed by atoms with Crippen LogP contribution in [0, 0.1) is 0 Å². The van der Waals surface area contributed by atoms with E-state index in [1.165, 1.54) is 12.1 Å². The van der Waals surface area contributed by atoms with Crippen LogP contribution in [-0.2, 0) is 14.9 Å². The van der Waals surface area contributed by atoms with Crippen LogP contribution in [0.4, 0.5) is 10.5 Å². The number of anilines is 1. The highest BCUT2D eigenvalue weighted by atomic mass is 32.2. The topological polar surface area (TPSA) is 105 Å². The van der Waals surface area contributed by atoms with Gasteiger partial charge in [-0.2, -0.15) is 8.42 Å². The Morgan fingerprint density at radius 2 is 2.16 bits per heavy atom. The summed E-state index contributed by atoms with van der Waals surface area (Å²) in [5, 5.41) is 9.39. The van der Waals surface area contributed by atoms with Crippen molar-refractivity contribution < 1.29 is 23.1 Å². The van der Waals surface area contributed by atoms with E-state index in [4.69, 9.17) is 0 Å². The monoisotopic (exact) mass is 288 g/mol. The minimum Gasteiger partial charge on any atom is -0.449 e. The second-order valence-electron chi connectivity index (χ2n) is 3.73. The molecule has 1 unspecified atom stereocenters. The summed E-state index contributed by atoms with van der Waals surface area (Å²) in [6, 6.07) is 6.21.